The van der Waals surface area contributed by atoms with Crippen LogP contribution >= 0.6 is 0 Å². The Morgan fingerprint density at radius 3 is 2.35 bits per heavy atom. The predicted molar refractivity (Wildman–Crippen MR) is 165 cm³/mol. The van der Waals surface area contributed by atoms with E-state index in [2.05, 4.69) is 21.9 Å². The molecule has 2 aromatic heterocycles. The monoisotopic (exact) mass is 634 g/mol. The number of carboxylic acid groups (broad SMARTS) is 1. The predicted octanol–water partition coefficient (Wildman–Crippen LogP) is 3.71. The first kappa shape index (κ1) is 32.2. The van der Waals surface area contributed by atoms with Gasteiger partial charge in [-0.05, 0) is 40.8 Å². The van der Waals surface area contributed by atoms with Gasteiger partial charge in [-0.3, -0.25) is 15.1 Å². The molecule has 3 aromatic rings. The minimum absolute atomic E-state index is 0.0212. The van der Waals surface area contributed by atoms with Crippen LogP contribution in [0.1, 0.15) is 50.8 Å². The SMILES string of the molecule is C=C(F)C(=O)N1CCN(C2=c3cc(F)c(=c4c(F)cccc4=CC(=O)O)nc3N(c3c(C(C)C)ccnc3C(C)C)C(=O)N2)CC1. The Labute approximate surface area is 262 Å². The van der Waals surface area contributed by atoms with Crippen molar-refractivity contribution in [2.75, 3.05) is 31.1 Å². The second-order valence-electron chi connectivity index (χ2n) is 11.6. The molecule has 10 nitrogen and oxygen atoms in total. The number of hydrogen-bond donors (Lipinski definition) is 2. The number of amides is 3. The Bertz CT molecular complexity index is 1960. The summed E-state index contributed by atoms with van der Waals surface area (Å²) >= 11 is 0. The maximum absolute atomic E-state index is 16.1. The molecule has 0 atom stereocenters. The highest BCUT2D eigenvalue weighted by molar-refractivity contribution is 6.05. The van der Waals surface area contributed by atoms with Crippen molar-refractivity contribution in [1.29, 1.82) is 0 Å². The molecule has 2 N–H and O–H groups in total. The van der Waals surface area contributed by atoms with Gasteiger partial charge < -0.3 is 14.9 Å². The Hall–Kier alpha value is -5.20. The summed E-state index contributed by atoms with van der Waals surface area (Å²) in [5.41, 5.74) is 1.78. The van der Waals surface area contributed by atoms with Crippen LogP contribution in [0.5, 0.6) is 0 Å². The molecule has 0 aliphatic carbocycles. The Balaban J connectivity index is 1.87. The van der Waals surface area contributed by atoms with Gasteiger partial charge in [-0.2, -0.15) is 0 Å². The lowest BCUT2D eigenvalue weighted by Crippen LogP contribution is -2.55. The molecule has 5 rings (SSSR count). The number of fused-ring (bicyclic) bond motifs is 1. The molecule has 1 fully saturated rings. The number of benzene rings is 1. The van der Waals surface area contributed by atoms with Gasteiger partial charge in [0.1, 0.15) is 17.0 Å². The normalized spacial score (nSPS) is 16.2. The van der Waals surface area contributed by atoms with Gasteiger partial charge in [0.15, 0.2) is 17.5 Å². The van der Waals surface area contributed by atoms with Crippen molar-refractivity contribution < 1.29 is 32.7 Å². The summed E-state index contributed by atoms with van der Waals surface area (Å²) in [6.07, 6.45) is 2.40. The Kier molecular flexibility index (Phi) is 8.86. The summed E-state index contributed by atoms with van der Waals surface area (Å²) in [6, 6.07) is 5.98. The maximum Gasteiger partial charge on any atom is 0.333 e. The van der Waals surface area contributed by atoms with Crippen LogP contribution in [0.25, 0.3) is 11.9 Å². The molecule has 2 aliphatic rings. The highest BCUT2D eigenvalue weighted by Crippen LogP contribution is 2.37. The van der Waals surface area contributed by atoms with Crippen LogP contribution in [-0.2, 0) is 9.59 Å². The molecule has 240 valence electrons. The minimum atomic E-state index is -1.37. The summed E-state index contributed by atoms with van der Waals surface area (Å²) < 4.78 is 45.0. The number of urea groups is 1. The highest BCUT2D eigenvalue weighted by Gasteiger charge is 2.35. The van der Waals surface area contributed by atoms with Gasteiger partial charge in [0, 0.05) is 43.7 Å². The largest absolute Gasteiger partial charge is 0.478 e. The number of carboxylic acids is 1. The van der Waals surface area contributed by atoms with Crippen molar-refractivity contribution in [1.82, 2.24) is 25.1 Å². The average Bonchev–Trinajstić information content (AvgIpc) is 3.00. The zero-order chi connectivity index (χ0) is 33.4. The third-order valence-electron chi connectivity index (χ3n) is 7.90. The van der Waals surface area contributed by atoms with E-state index in [4.69, 9.17) is 0 Å². The lowest BCUT2D eigenvalue weighted by atomic mass is 9.96. The van der Waals surface area contributed by atoms with E-state index < -0.39 is 40.7 Å². The molecular formula is C33H33F3N6O4. The molecule has 46 heavy (non-hydrogen) atoms. The number of pyridine rings is 2. The number of carbonyl (C=O) groups is 3. The molecule has 0 spiro atoms. The number of anilines is 2. The van der Waals surface area contributed by atoms with Gasteiger partial charge in [-0.15, -0.1) is 0 Å². The molecule has 13 heteroatoms. The van der Waals surface area contributed by atoms with Crippen LogP contribution in [0, 0.1) is 22.2 Å². The second-order valence-corrected chi connectivity index (χ2v) is 11.6. The average molecular weight is 635 g/mol. The summed E-state index contributed by atoms with van der Waals surface area (Å²) in [5, 5.41) is 11.5. The number of piperazine rings is 1. The van der Waals surface area contributed by atoms with E-state index in [1.54, 1.807) is 17.2 Å². The van der Waals surface area contributed by atoms with Gasteiger partial charge in [0.05, 0.1) is 16.6 Å². The fourth-order valence-electron chi connectivity index (χ4n) is 5.74. The van der Waals surface area contributed by atoms with Crippen molar-refractivity contribution in [2.45, 2.75) is 39.5 Å². The third kappa shape index (κ3) is 5.92. The molecule has 4 heterocycles. The van der Waals surface area contributed by atoms with Crippen LogP contribution in [0.2, 0.25) is 0 Å². The number of rotatable bonds is 6. The van der Waals surface area contributed by atoms with Crippen LogP contribution in [0.3, 0.4) is 0 Å². The third-order valence-corrected chi connectivity index (χ3v) is 7.90. The molecule has 3 amide bonds. The van der Waals surface area contributed by atoms with Crippen LogP contribution in [0.15, 0.2) is 48.9 Å². The van der Waals surface area contributed by atoms with E-state index in [9.17, 15) is 23.9 Å². The molecule has 1 aromatic carbocycles. The lowest BCUT2D eigenvalue weighted by molar-refractivity contribution is -0.130. The first-order valence-electron chi connectivity index (χ1n) is 14.7. The second kappa shape index (κ2) is 12.7. The number of carbonyl (C=O) groups excluding carboxylic acids is 2. The van der Waals surface area contributed by atoms with Gasteiger partial charge in [-0.1, -0.05) is 46.4 Å². The van der Waals surface area contributed by atoms with Gasteiger partial charge in [0.2, 0.25) is 0 Å². The van der Waals surface area contributed by atoms with Crippen molar-refractivity contribution in [2.24, 2.45) is 0 Å². The van der Waals surface area contributed by atoms with Crippen LogP contribution in [0.4, 0.5) is 29.5 Å². The smallest absolute Gasteiger partial charge is 0.333 e. The zero-order valence-electron chi connectivity index (χ0n) is 25.8. The van der Waals surface area contributed by atoms with E-state index in [-0.39, 0.29) is 65.3 Å². The summed E-state index contributed by atoms with van der Waals surface area (Å²) in [5.74, 6) is -5.18. The van der Waals surface area contributed by atoms with E-state index >= 15 is 8.78 Å². The van der Waals surface area contributed by atoms with Gasteiger partial charge in [-0.25, -0.2) is 32.6 Å². The number of aliphatic carboxylic acids is 1. The molecule has 0 bridgehead atoms. The van der Waals surface area contributed by atoms with E-state index in [0.717, 1.165) is 23.8 Å². The topological polar surface area (TPSA) is 119 Å². The number of nitrogens with zero attached hydrogens (tertiary/aromatic N) is 5. The molecule has 0 saturated carbocycles. The Morgan fingerprint density at radius 1 is 1.04 bits per heavy atom. The fraction of sp³-hybridized carbons (Fsp3) is 0.303. The first-order chi connectivity index (χ1) is 21.8. The summed E-state index contributed by atoms with van der Waals surface area (Å²) in [4.78, 5) is 51.3. The highest BCUT2D eigenvalue weighted by atomic mass is 19.1. The lowest BCUT2D eigenvalue weighted by Gasteiger charge is -2.40. The zero-order valence-corrected chi connectivity index (χ0v) is 25.8. The molecule has 1 saturated heterocycles. The van der Waals surface area contributed by atoms with Gasteiger partial charge >= 0.3 is 12.0 Å². The van der Waals surface area contributed by atoms with Crippen molar-refractivity contribution in [3.8, 4) is 0 Å². The van der Waals surface area contributed by atoms with E-state index in [1.165, 1.54) is 21.9 Å². The number of halogens is 3. The first-order valence-corrected chi connectivity index (χ1v) is 14.7. The van der Waals surface area contributed by atoms with Crippen LogP contribution in [-0.4, -0.2) is 69.0 Å². The van der Waals surface area contributed by atoms with Crippen molar-refractivity contribution in [3.05, 3.63) is 92.8 Å². The van der Waals surface area contributed by atoms with Gasteiger partial charge in [0.25, 0.3) is 5.91 Å². The summed E-state index contributed by atoms with van der Waals surface area (Å²) in [7, 11) is 0. The number of nitrogens with one attached hydrogen (secondary N) is 1. The molecule has 0 unspecified atom stereocenters. The quantitative estimate of drug-likeness (QED) is 0.397. The molecular weight excluding hydrogens is 601 g/mol. The standard InChI is InChI=1S/C33H33F3N6O4/c1-17(2)21-9-10-37-27(18(3)4)29(21)42-31-22(30(39-33(42)46)40-11-13-41(14-12-40)32(45)19(5)34)16-24(36)28(38-31)26-20(15-25(43)44)7-6-8-23(26)35/h6-10,15-18H,5,11-14H2,1-4H3,(H,39,46)(H,43,44). The van der Waals surface area contributed by atoms with Crippen LogP contribution < -0.4 is 20.7 Å². The number of hydrogen-bond acceptors (Lipinski definition) is 6. The van der Waals surface area contributed by atoms with E-state index in [1.807, 2.05) is 27.7 Å². The number of aromatic nitrogens is 2. The Morgan fingerprint density at radius 2 is 1.74 bits per heavy atom. The van der Waals surface area contributed by atoms with E-state index in [0.29, 0.717) is 11.4 Å². The molecule has 2 aliphatic heterocycles. The minimum Gasteiger partial charge on any atom is -0.478 e. The van der Waals surface area contributed by atoms with Crippen molar-refractivity contribution in [3.63, 3.8) is 0 Å². The summed E-state index contributed by atoms with van der Waals surface area (Å²) in [6.45, 7) is 11.4. The maximum atomic E-state index is 16.1. The molecule has 0 radical (unpaired) electrons. The van der Waals surface area contributed by atoms with Crippen molar-refractivity contribution >= 4 is 41.3 Å². The fourth-order valence-corrected chi connectivity index (χ4v) is 5.74.